The Morgan fingerprint density at radius 2 is 1.81 bits per heavy atom. The lowest BCUT2D eigenvalue weighted by molar-refractivity contribution is -0.137. The van der Waals surface area contributed by atoms with Crippen molar-refractivity contribution in [2.45, 2.75) is 63.3 Å². The Hall–Kier alpha value is -1.80. The van der Waals surface area contributed by atoms with Crippen molar-refractivity contribution < 1.29 is 32.5 Å². The van der Waals surface area contributed by atoms with Gasteiger partial charge in [-0.05, 0) is 45.2 Å². The number of morpholine rings is 1. The second kappa shape index (κ2) is 6.98. The Kier molecular flexibility index (Phi) is 5.16. The number of fused-ring (bicyclic) bond motifs is 2. The van der Waals surface area contributed by atoms with Crippen molar-refractivity contribution in [3.05, 3.63) is 35.1 Å². The molecule has 2 aliphatic heterocycles. The molecule has 0 saturated carbocycles. The van der Waals surface area contributed by atoms with Gasteiger partial charge in [-0.3, -0.25) is 4.90 Å². The molecule has 1 amide bonds. The smallest absolute Gasteiger partial charge is 0.410 e. The molecule has 1 aromatic carbocycles. The van der Waals surface area contributed by atoms with Gasteiger partial charge in [0, 0.05) is 6.42 Å². The van der Waals surface area contributed by atoms with Gasteiger partial charge in [0.25, 0.3) is 0 Å². The van der Waals surface area contributed by atoms with E-state index in [1.807, 2.05) is 0 Å². The molecular formula is C19H24F3NO4. The highest BCUT2D eigenvalue weighted by atomic mass is 19.2. The quantitative estimate of drug-likeness (QED) is 0.792. The zero-order valence-corrected chi connectivity index (χ0v) is 15.6. The topological polar surface area (TPSA) is 59.0 Å². The summed E-state index contributed by atoms with van der Waals surface area (Å²) in [5, 5.41) is 11.0. The Morgan fingerprint density at radius 3 is 2.37 bits per heavy atom. The molecular weight excluding hydrogens is 363 g/mol. The Morgan fingerprint density at radius 1 is 1.22 bits per heavy atom. The molecule has 0 spiro atoms. The maximum Gasteiger partial charge on any atom is 0.410 e. The largest absolute Gasteiger partial charge is 0.444 e. The molecule has 1 aromatic rings. The summed E-state index contributed by atoms with van der Waals surface area (Å²) in [4.78, 5) is 14.1. The van der Waals surface area contributed by atoms with Crippen LogP contribution in [0.4, 0.5) is 18.0 Å². The Labute approximate surface area is 156 Å². The fourth-order valence-corrected chi connectivity index (χ4v) is 3.89. The fourth-order valence-electron chi connectivity index (χ4n) is 3.89. The molecule has 5 nitrogen and oxygen atoms in total. The average Bonchev–Trinajstić information content (AvgIpc) is 2.53. The van der Waals surface area contributed by atoms with Gasteiger partial charge < -0.3 is 14.6 Å². The van der Waals surface area contributed by atoms with Crippen LogP contribution in [-0.4, -0.2) is 52.6 Å². The molecule has 150 valence electrons. The normalized spacial score (nSPS) is 28.2. The van der Waals surface area contributed by atoms with Crippen LogP contribution in [0.2, 0.25) is 0 Å². The number of benzene rings is 1. The highest BCUT2D eigenvalue weighted by Gasteiger charge is 2.49. The van der Waals surface area contributed by atoms with E-state index in [4.69, 9.17) is 9.47 Å². The average molecular weight is 387 g/mol. The minimum absolute atomic E-state index is 0.0962. The van der Waals surface area contributed by atoms with Crippen LogP contribution in [0, 0.1) is 17.5 Å². The molecule has 8 heteroatoms. The van der Waals surface area contributed by atoms with Crippen LogP contribution < -0.4 is 0 Å². The number of halogens is 3. The third-order valence-corrected chi connectivity index (χ3v) is 4.88. The van der Waals surface area contributed by atoms with E-state index in [2.05, 4.69) is 0 Å². The van der Waals surface area contributed by atoms with Gasteiger partial charge in [0.1, 0.15) is 5.60 Å². The number of amides is 1. The summed E-state index contributed by atoms with van der Waals surface area (Å²) < 4.78 is 51.6. The molecule has 0 aliphatic carbocycles. The predicted octanol–water partition coefficient (Wildman–Crippen LogP) is 3.18. The van der Waals surface area contributed by atoms with Crippen molar-refractivity contribution in [3.8, 4) is 0 Å². The summed E-state index contributed by atoms with van der Waals surface area (Å²) in [6.45, 7) is 5.74. The van der Waals surface area contributed by atoms with E-state index in [0.29, 0.717) is 0 Å². The molecule has 2 aliphatic rings. The Balaban J connectivity index is 1.79. The van der Waals surface area contributed by atoms with Crippen molar-refractivity contribution in [3.63, 3.8) is 0 Å². The zero-order valence-electron chi connectivity index (χ0n) is 15.6. The first kappa shape index (κ1) is 19.9. The van der Waals surface area contributed by atoms with Crippen molar-refractivity contribution in [1.29, 1.82) is 0 Å². The minimum Gasteiger partial charge on any atom is -0.444 e. The van der Waals surface area contributed by atoms with Gasteiger partial charge in [0.2, 0.25) is 0 Å². The molecule has 2 unspecified atom stereocenters. The summed E-state index contributed by atoms with van der Waals surface area (Å²) in [5.74, 6) is -4.11. The number of rotatable bonds is 2. The minimum atomic E-state index is -1.55. The van der Waals surface area contributed by atoms with Crippen LogP contribution >= 0.6 is 0 Å². The number of hydrogen-bond acceptors (Lipinski definition) is 4. The van der Waals surface area contributed by atoms with Crippen molar-refractivity contribution >= 4 is 6.09 Å². The molecule has 1 N–H and O–H groups in total. The number of carbonyl (C=O) groups is 1. The van der Waals surface area contributed by atoms with Gasteiger partial charge in [0.05, 0.1) is 30.9 Å². The maximum absolute atomic E-state index is 14.0. The summed E-state index contributed by atoms with van der Waals surface area (Å²) in [6.07, 6.45) is -0.407. The lowest BCUT2D eigenvalue weighted by Crippen LogP contribution is -2.64. The molecule has 2 atom stereocenters. The van der Waals surface area contributed by atoms with Gasteiger partial charge in [-0.15, -0.1) is 0 Å². The highest BCUT2D eigenvalue weighted by molar-refractivity contribution is 5.69. The first-order valence-corrected chi connectivity index (χ1v) is 8.93. The molecule has 0 radical (unpaired) electrons. The molecule has 0 aromatic heterocycles. The highest BCUT2D eigenvalue weighted by Crippen LogP contribution is 2.38. The van der Waals surface area contributed by atoms with Crippen molar-refractivity contribution in [1.82, 2.24) is 4.90 Å². The summed E-state index contributed by atoms with van der Waals surface area (Å²) in [7, 11) is 0. The van der Waals surface area contributed by atoms with Crippen molar-refractivity contribution in [2.75, 3.05) is 13.2 Å². The number of piperidine rings is 1. The van der Waals surface area contributed by atoms with Crippen LogP contribution in [0.5, 0.6) is 0 Å². The summed E-state index contributed by atoms with van der Waals surface area (Å²) in [5.41, 5.74) is -2.11. The van der Waals surface area contributed by atoms with Crippen LogP contribution in [0.3, 0.4) is 0 Å². The predicted molar refractivity (Wildman–Crippen MR) is 90.7 cm³/mol. The van der Waals surface area contributed by atoms with Crippen LogP contribution in [0.1, 0.15) is 39.2 Å². The molecule has 2 bridgehead atoms. The Bertz CT molecular complexity index is 720. The van der Waals surface area contributed by atoms with E-state index in [-0.39, 0.29) is 38.0 Å². The van der Waals surface area contributed by atoms with E-state index in [9.17, 15) is 23.1 Å². The lowest BCUT2D eigenvalue weighted by Gasteiger charge is -2.51. The number of ether oxygens (including phenoxy) is 2. The van der Waals surface area contributed by atoms with Gasteiger partial charge >= 0.3 is 6.09 Å². The molecule has 27 heavy (non-hydrogen) atoms. The maximum atomic E-state index is 14.0. The number of hydrogen-bond donors (Lipinski definition) is 1. The summed E-state index contributed by atoms with van der Waals surface area (Å²) in [6, 6.07) is 1.10. The van der Waals surface area contributed by atoms with Gasteiger partial charge in [-0.2, -0.15) is 0 Å². The second-order valence-corrected chi connectivity index (χ2v) is 8.38. The molecule has 2 saturated heterocycles. The van der Waals surface area contributed by atoms with E-state index in [1.165, 1.54) is 0 Å². The van der Waals surface area contributed by atoms with E-state index >= 15 is 0 Å². The molecule has 2 fully saturated rings. The van der Waals surface area contributed by atoms with Gasteiger partial charge in [-0.25, -0.2) is 18.0 Å². The zero-order chi connectivity index (χ0) is 20.0. The van der Waals surface area contributed by atoms with Crippen molar-refractivity contribution in [2.24, 2.45) is 0 Å². The van der Waals surface area contributed by atoms with E-state index in [0.717, 1.165) is 12.1 Å². The van der Waals surface area contributed by atoms with Gasteiger partial charge in [0.15, 0.2) is 17.5 Å². The second-order valence-electron chi connectivity index (χ2n) is 8.38. The lowest BCUT2D eigenvalue weighted by atomic mass is 9.77. The number of nitrogens with zero attached hydrogens (tertiary/aromatic N) is 1. The third-order valence-electron chi connectivity index (χ3n) is 4.88. The van der Waals surface area contributed by atoms with E-state index in [1.54, 1.807) is 25.7 Å². The monoisotopic (exact) mass is 387 g/mol. The molecule has 2 heterocycles. The molecule has 3 rings (SSSR count). The third kappa shape index (κ3) is 4.21. The first-order valence-electron chi connectivity index (χ1n) is 8.93. The standard InChI is InChI=1S/C19H24F3NO4/c1-18(2,3)27-17(24)23-12-7-19(25,8-13(23)10-26-9-12)6-11-4-5-14(20)16(22)15(11)21/h4-5,12-13,25H,6-10H2,1-3H3. The van der Waals surface area contributed by atoms with E-state index < -0.39 is 46.8 Å². The van der Waals surface area contributed by atoms with Crippen LogP contribution in [0.25, 0.3) is 0 Å². The number of aliphatic hydroxyl groups is 1. The van der Waals surface area contributed by atoms with Gasteiger partial charge in [-0.1, -0.05) is 6.07 Å². The fraction of sp³-hybridized carbons (Fsp3) is 0.632. The first-order chi connectivity index (χ1) is 12.5. The SMILES string of the molecule is CC(C)(C)OC(=O)N1C2COCC1CC(O)(Cc1ccc(F)c(F)c1F)C2. The number of carbonyl (C=O) groups excluding carboxylic acids is 1. The summed E-state index contributed by atoms with van der Waals surface area (Å²) >= 11 is 0. The van der Waals surface area contributed by atoms with Crippen LogP contribution in [0.15, 0.2) is 12.1 Å². The van der Waals surface area contributed by atoms with Crippen LogP contribution in [-0.2, 0) is 15.9 Å².